The van der Waals surface area contributed by atoms with Crippen LogP contribution in [0.15, 0.2) is 66.3 Å². The Balaban J connectivity index is 1.54. The van der Waals surface area contributed by atoms with Crippen molar-refractivity contribution in [2.45, 2.75) is 6.92 Å². The number of halogens is 1. The van der Waals surface area contributed by atoms with Gasteiger partial charge in [-0.1, -0.05) is 24.3 Å². The van der Waals surface area contributed by atoms with Gasteiger partial charge in [-0.15, -0.1) is 11.3 Å². The van der Waals surface area contributed by atoms with Crippen LogP contribution in [-0.4, -0.2) is 20.7 Å². The number of nitrogens with one attached hydrogen (secondary N) is 1. The van der Waals surface area contributed by atoms with Gasteiger partial charge in [-0.05, 0) is 36.8 Å². The van der Waals surface area contributed by atoms with Crippen LogP contribution in [0.3, 0.4) is 0 Å². The molecule has 0 fully saturated rings. The highest BCUT2D eigenvalue weighted by molar-refractivity contribution is 7.13. The van der Waals surface area contributed by atoms with Crippen LogP contribution in [-0.2, 0) is 0 Å². The second-order valence-electron chi connectivity index (χ2n) is 5.98. The number of thiazole rings is 1. The minimum Gasteiger partial charge on any atom is -0.318 e. The fraction of sp³-hybridized carbons (Fsp3) is 0.0500. The van der Waals surface area contributed by atoms with E-state index in [1.807, 2.05) is 43.5 Å². The molecule has 0 aliphatic carbocycles. The van der Waals surface area contributed by atoms with Crippen LogP contribution < -0.4 is 5.32 Å². The molecule has 27 heavy (non-hydrogen) atoms. The molecular formula is C20H15FN4OS. The smallest absolute Gasteiger partial charge is 0.275 e. The van der Waals surface area contributed by atoms with Crippen LogP contribution in [0.25, 0.3) is 16.3 Å². The monoisotopic (exact) mass is 378 g/mol. The summed E-state index contributed by atoms with van der Waals surface area (Å²) in [7, 11) is 0. The Bertz CT molecular complexity index is 1100. The molecule has 0 bridgehead atoms. The fourth-order valence-electron chi connectivity index (χ4n) is 2.59. The van der Waals surface area contributed by atoms with Gasteiger partial charge in [0, 0.05) is 17.1 Å². The number of carbonyl (C=O) groups excluding carboxylic acids is 1. The van der Waals surface area contributed by atoms with E-state index in [1.54, 1.807) is 28.4 Å². The summed E-state index contributed by atoms with van der Waals surface area (Å²) in [6.45, 7) is 1.83. The van der Waals surface area contributed by atoms with Crippen LogP contribution in [0.2, 0.25) is 0 Å². The number of hydrogen-bond acceptors (Lipinski definition) is 4. The normalized spacial score (nSPS) is 10.7. The highest BCUT2D eigenvalue weighted by atomic mass is 32.1. The van der Waals surface area contributed by atoms with Crippen LogP contribution >= 0.6 is 11.3 Å². The highest BCUT2D eigenvalue weighted by Gasteiger charge is 2.15. The van der Waals surface area contributed by atoms with Crippen molar-refractivity contribution >= 4 is 22.9 Å². The minimum atomic E-state index is -0.478. The maximum atomic E-state index is 13.8. The van der Waals surface area contributed by atoms with Crippen molar-refractivity contribution in [2.75, 3.05) is 5.32 Å². The van der Waals surface area contributed by atoms with E-state index < -0.39 is 11.7 Å². The number of para-hydroxylation sites is 1. The number of aromatic nitrogens is 3. The number of carbonyl (C=O) groups is 1. The molecule has 4 rings (SSSR count). The van der Waals surface area contributed by atoms with Crippen LogP contribution in [0.5, 0.6) is 0 Å². The van der Waals surface area contributed by atoms with Gasteiger partial charge in [0.15, 0.2) is 0 Å². The maximum absolute atomic E-state index is 13.8. The average molecular weight is 378 g/mol. The number of amides is 1. The molecule has 5 nitrogen and oxygen atoms in total. The molecule has 0 unspecified atom stereocenters. The fourth-order valence-corrected chi connectivity index (χ4v) is 3.36. The lowest BCUT2D eigenvalue weighted by atomic mass is 10.2. The molecule has 0 aliphatic heterocycles. The van der Waals surface area contributed by atoms with Crippen molar-refractivity contribution < 1.29 is 9.18 Å². The molecule has 0 spiro atoms. The van der Waals surface area contributed by atoms with Crippen LogP contribution in [0.1, 0.15) is 16.1 Å². The van der Waals surface area contributed by atoms with Crippen molar-refractivity contribution in [1.29, 1.82) is 0 Å². The molecule has 134 valence electrons. The summed E-state index contributed by atoms with van der Waals surface area (Å²) in [6, 6.07) is 14.3. The highest BCUT2D eigenvalue weighted by Crippen LogP contribution is 2.25. The Hall–Kier alpha value is -3.32. The van der Waals surface area contributed by atoms with E-state index in [0.29, 0.717) is 5.01 Å². The SMILES string of the molecule is Cc1ccc(F)c(NC(=O)c2csc(-c3cnn(-c4ccccc4)c3)n2)c1. The van der Waals surface area contributed by atoms with Gasteiger partial charge in [0.2, 0.25) is 0 Å². The first-order chi connectivity index (χ1) is 13.1. The quantitative estimate of drug-likeness (QED) is 0.560. The molecule has 2 aromatic heterocycles. The van der Waals surface area contributed by atoms with E-state index in [2.05, 4.69) is 15.4 Å². The van der Waals surface area contributed by atoms with E-state index in [1.165, 1.54) is 17.4 Å². The molecule has 0 saturated heterocycles. The largest absolute Gasteiger partial charge is 0.318 e. The zero-order chi connectivity index (χ0) is 18.8. The van der Waals surface area contributed by atoms with E-state index in [9.17, 15) is 9.18 Å². The van der Waals surface area contributed by atoms with Crippen LogP contribution in [0, 0.1) is 12.7 Å². The van der Waals surface area contributed by atoms with Gasteiger partial charge in [0.25, 0.3) is 5.91 Å². The third kappa shape index (κ3) is 3.63. The van der Waals surface area contributed by atoms with E-state index in [0.717, 1.165) is 16.8 Å². The average Bonchev–Trinajstić information content (AvgIpc) is 3.35. The lowest BCUT2D eigenvalue weighted by Gasteiger charge is -2.05. The van der Waals surface area contributed by atoms with Gasteiger partial charge in [-0.3, -0.25) is 4.79 Å². The van der Waals surface area contributed by atoms with Gasteiger partial charge < -0.3 is 5.32 Å². The third-order valence-corrected chi connectivity index (χ3v) is 4.85. The number of benzene rings is 2. The van der Waals surface area contributed by atoms with Gasteiger partial charge in [0.1, 0.15) is 16.5 Å². The standard InChI is InChI=1S/C20H15FN4OS/c1-13-7-8-16(21)17(9-13)23-19(26)18-12-27-20(24-18)14-10-22-25(11-14)15-5-3-2-4-6-15/h2-12H,1H3,(H,23,26). The molecule has 0 atom stereocenters. The van der Waals surface area contributed by atoms with Gasteiger partial charge >= 0.3 is 0 Å². The Morgan fingerprint density at radius 3 is 2.81 bits per heavy atom. The number of rotatable bonds is 4. The van der Waals surface area contributed by atoms with Crippen LogP contribution in [0.4, 0.5) is 10.1 Å². The van der Waals surface area contributed by atoms with Crippen molar-refractivity contribution in [3.63, 3.8) is 0 Å². The Morgan fingerprint density at radius 2 is 2.00 bits per heavy atom. The molecule has 1 amide bonds. The third-order valence-electron chi connectivity index (χ3n) is 3.96. The lowest BCUT2D eigenvalue weighted by Crippen LogP contribution is -2.13. The van der Waals surface area contributed by atoms with Gasteiger partial charge in [0.05, 0.1) is 17.6 Å². The topological polar surface area (TPSA) is 59.8 Å². The van der Waals surface area contributed by atoms with Crippen molar-refractivity contribution in [2.24, 2.45) is 0 Å². The predicted octanol–water partition coefficient (Wildman–Crippen LogP) is 4.70. The van der Waals surface area contributed by atoms with E-state index >= 15 is 0 Å². The lowest BCUT2D eigenvalue weighted by molar-refractivity contribution is 0.102. The molecule has 4 aromatic rings. The summed E-state index contributed by atoms with van der Waals surface area (Å²) < 4.78 is 15.6. The van der Waals surface area contributed by atoms with E-state index in [4.69, 9.17) is 0 Å². The zero-order valence-corrected chi connectivity index (χ0v) is 15.2. The number of aryl methyl sites for hydroxylation is 1. The summed E-state index contributed by atoms with van der Waals surface area (Å²) in [4.78, 5) is 16.8. The summed E-state index contributed by atoms with van der Waals surface area (Å²) >= 11 is 1.34. The molecule has 7 heteroatoms. The first kappa shape index (κ1) is 17.1. The first-order valence-electron chi connectivity index (χ1n) is 8.23. The summed E-state index contributed by atoms with van der Waals surface area (Å²) in [5, 5.41) is 9.24. The number of hydrogen-bond donors (Lipinski definition) is 1. The van der Waals surface area contributed by atoms with E-state index in [-0.39, 0.29) is 11.4 Å². The Morgan fingerprint density at radius 1 is 1.19 bits per heavy atom. The molecule has 1 N–H and O–H groups in total. The zero-order valence-electron chi connectivity index (χ0n) is 14.4. The molecule has 0 aliphatic rings. The van der Waals surface area contributed by atoms with Crippen molar-refractivity contribution in [3.05, 3.63) is 83.4 Å². The second kappa shape index (κ2) is 7.13. The number of anilines is 1. The molecule has 0 saturated carbocycles. The van der Waals surface area contributed by atoms with Gasteiger partial charge in [-0.25, -0.2) is 14.1 Å². The molecular weight excluding hydrogens is 363 g/mol. The summed E-state index contributed by atoms with van der Waals surface area (Å²) in [5.74, 6) is -0.925. The molecule has 2 heterocycles. The second-order valence-corrected chi connectivity index (χ2v) is 6.84. The van der Waals surface area contributed by atoms with Crippen molar-refractivity contribution in [3.8, 4) is 16.3 Å². The molecule has 0 radical (unpaired) electrons. The summed E-state index contributed by atoms with van der Waals surface area (Å²) in [5.41, 5.74) is 2.99. The Labute approximate surface area is 159 Å². The predicted molar refractivity (Wildman–Crippen MR) is 104 cm³/mol. The summed E-state index contributed by atoms with van der Waals surface area (Å²) in [6.07, 6.45) is 3.56. The number of nitrogens with zero attached hydrogens (tertiary/aromatic N) is 3. The Kier molecular flexibility index (Phi) is 4.52. The van der Waals surface area contributed by atoms with Gasteiger partial charge in [-0.2, -0.15) is 5.10 Å². The molecule has 2 aromatic carbocycles. The minimum absolute atomic E-state index is 0.145. The maximum Gasteiger partial charge on any atom is 0.275 e. The van der Waals surface area contributed by atoms with Crippen molar-refractivity contribution in [1.82, 2.24) is 14.8 Å². The first-order valence-corrected chi connectivity index (χ1v) is 9.11.